The van der Waals surface area contributed by atoms with E-state index in [1.807, 2.05) is 47.8 Å². The minimum atomic E-state index is -0.816. The number of rotatable bonds is 7. The zero-order valence-electron chi connectivity index (χ0n) is 17.8. The average molecular weight is 512 g/mol. The van der Waals surface area contributed by atoms with E-state index in [4.69, 9.17) is 4.74 Å². The van der Waals surface area contributed by atoms with Gasteiger partial charge in [0.2, 0.25) is 5.78 Å². The third-order valence-electron chi connectivity index (χ3n) is 5.68. The van der Waals surface area contributed by atoms with Crippen LogP contribution in [0.1, 0.15) is 10.9 Å². The quantitative estimate of drug-likeness (QED) is 0.527. The van der Waals surface area contributed by atoms with E-state index in [0.29, 0.717) is 11.6 Å². The number of methoxy groups -OCH3 is 1. The number of carbonyl (C=O) groups excluding carboxylic acids is 1. The Bertz CT molecular complexity index is 1120. The monoisotopic (exact) mass is 511 g/mol. The van der Waals surface area contributed by atoms with Crippen molar-refractivity contribution in [1.82, 2.24) is 4.98 Å². The molecule has 164 valence electrons. The van der Waals surface area contributed by atoms with Crippen LogP contribution in [-0.4, -0.2) is 50.6 Å². The summed E-state index contributed by atoms with van der Waals surface area (Å²) in [4.78, 5) is 21.1. The molecule has 32 heavy (non-hydrogen) atoms. The molecule has 2 aromatic carbocycles. The number of anilines is 1. The molecule has 0 aliphatic carbocycles. The number of para-hydroxylation sites is 2. The fraction of sp³-hybridized carbons (Fsp3) is 0.292. The molecule has 6 nitrogen and oxygen atoms in total. The van der Waals surface area contributed by atoms with Crippen LogP contribution in [0.25, 0.3) is 11.3 Å². The zero-order valence-corrected chi connectivity index (χ0v) is 20.2. The van der Waals surface area contributed by atoms with E-state index in [1.165, 1.54) is 16.2 Å². The molecule has 0 amide bonds. The molecule has 8 heteroatoms. The largest absolute Gasteiger partial charge is 0.495 e. The van der Waals surface area contributed by atoms with Gasteiger partial charge in [0.15, 0.2) is 5.92 Å². The number of nitrogens with zero attached hydrogens (tertiary/aromatic N) is 3. The molecule has 4 rings (SSSR count). The number of piperazine rings is 1. The molecule has 0 unspecified atom stereocenters. The normalized spacial score (nSPS) is 15.2. The van der Waals surface area contributed by atoms with E-state index in [9.17, 15) is 10.1 Å². The van der Waals surface area contributed by atoms with Crippen molar-refractivity contribution in [3.8, 4) is 23.1 Å². The molecule has 0 radical (unpaired) electrons. The van der Waals surface area contributed by atoms with Gasteiger partial charge >= 0.3 is 0 Å². The van der Waals surface area contributed by atoms with E-state index in [2.05, 4.69) is 37.9 Å². The summed E-state index contributed by atoms with van der Waals surface area (Å²) in [5, 5.41) is 12.2. The summed E-state index contributed by atoms with van der Waals surface area (Å²) in [6.45, 7) is 3.69. The van der Waals surface area contributed by atoms with Gasteiger partial charge in [0.25, 0.3) is 0 Å². The van der Waals surface area contributed by atoms with E-state index in [1.54, 1.807) is 7.11 Å². The van der Waals surface area contributed by atoms with Crippen LogP contribution in [0.15, 0.2) is 58.4 Å². The van der Waals surface area contributed by atoms with Gasteiger partial charge in [-0.25, -0.2) is 4.98 Å². The van der Waals surface area contributed by atoms with Crippen molar-refractivity contribution in [2.45, 2.75) is 5.92 Å². The van der Waals surface area contributed by atoms with Crippen LogP contribution in [0.5, 0.6) is 5.75 Å². The number of halogens is 1. The topological polar surface area (TPSA) is 70.7 Å². The standard InChI is InChI=1S/C24H23BrN4O2S/c1-31-23-5-3-2-4-21(23)29-12-10-28(11-13-29)15-22(30)19(14-26)24-27-20(16-32-24)17-6-8-18(25)9-7-17/h2-9,16,19H,10-13,15H2,1H3/p+1/t19-/m1/s1. The number of nitrogens with one attached hydrogen (secondary N) is 1. The number of carbonyl (C=O) groups is 1. The second-order valence-corrected chi connectivity index (χ2v) is 9.50. The summed E-state index contributed by atoms with van der Waals surface area (Å²) in [7, 11) is 1.68. The van der Waals surface area contributed by atoms with Crippen LogP contribution in [-0.2, 0) is 4.79 Å². The van der Waals surface area contributed by atoms with Crippen molar-refractivity contribution >= 4 is 38.7 Å². The molecule has 3 aromatic rings. The number of Topliss-reactive ketones (excluding diaryl/α,β-unsaturated/α-hetero) is 1. The summed E-state index contributed by atoms with van der Waals surface area (Å²) in [5.74, 6) is -0.0178. The van der Waals surface area contributed by atoms with Gasteiger partial charge in [0.1, 0.15) is 17.3 Å². The number of thiazole rings is 1. The lowest BCUT2D eigenvalue weighted by Gasteiger charge is -2.34. The van der Waals surface area contributed by atoms with Crippen LogP contribution in [0.3, 0.4) is 0 Å². The number of ether oxygens (including phenoxy) is 1. The molecule has 1 aliphatic heterocycles. The Labute approximate surface area is 200 Å². The second-order valence-electron chi connectivity index (χ2n) is 7.69. The third-order valence-corrected chi connectivity index (χ3v) is 7.12. The summed E-state index contributed by atoms with van der Waals surface area (Å²) in [6, 6.07) is 18.0. The molecule has 1 saturated heterocycles. The summed E-state index contributed by atoms with van der Waals surface area (Å²) >= 11 is 4.81. The summed E-state index contributed by atoms with van der Waals surface area (Å²) in [6.07, 6.45) is 0. The lowest BCUT2D eigenvalue weighted by Crippen LogP contribution is -3.15. The second kappa shape index (κ2) is 10.3. The van der Waals surface area contributed by atoms with E-state index in [-0.39, 0.29) is 5.78 Å². The molecule has 1 fully saturated rings. The van der Waals surface area contributed by atoms with Gasteiger partial charge in [-0.3, -0.25) is 4.79 Å². The molecule has 0 saturated carbocycles. The Hall–Kier alpha value is -2.73. The first-order chi connectivity index (χ1) is 15.6. The van der Waals surface area contributed by atoms with Gasteiger partial charge in [0.05, 0.1) is 50.7 Å². The highest BCUT2D eigenvalue weighted by Gasteiger charge is 2.30. The SMILES string of the molecule is COc1ccccc1N1CC[NH+](CC(=O)[C@@H](C#N)c2nc(-c3ccc(Br)cc3)cs2)CC1. The smallest absolute Gasteiger partial charge is 0.210 e. The van der Waals surface area contributed by atoms with E-state index in [0.717, 1.165) is 53.3 Å². The number of nitriles is 1. The van der Waals surface area contributed by atoms with Gasteiger partial charge in [0, 0.05) is 15.4 Å². The predicted molar refractivity (Wildman–Crippen MR) is 129 cm³/mol. The van der Waals surface area contributed by atoms with Crippen LogP contribution in [0.2, 0.25) is 0 Å². The molecule has 0 bridgehead atoms. The third kappa shape index (κ3) is 5.01. The van der Waals surface area contributed by atoms with Crippen molar-refractivity contribution in [1.29, 1.82) is 5.26 Å². The number of benzene rings is 2. The fourth-order valence-corrected chi connectivity index (χ4v) is 5.08. The lowest BCUT2D eigenvalue weighted by atomic mass is 10.1. The van der Waals surface area contributed by atoms with Gasteiger partial charge < -0.3 is 14.5 Å². The molecular weight excluding hydrogens is 488 g/mol. The highest BCUT2D eigenvalue weighted by atomic mass is 79.9. The minimum Gasteiger partial charge on any atom is -0.495 e. The average Bonchev–Trinajstić information content (AvgIpc) is 3.30. The maximum atomic E-state index is 13.0. The number of hydrogen-bond donors (Lipinski definition) is 1. The van der Waals surface area contributed by atoms with Crippen LogP contribution in [0, 0.1) is 11.3 Å². The highest BCUT2D eigenvalue weighted by molar-refractivity contribution is 9.10. The van der Waals surface area contributed by atoms with Crippen LogP contribution < -0.4 is 14.5 Å². The van der Waals surface area contributed by atoms with Crippen molar-refractivity contribution in [2.75, 3.05) is 44.7 Å². The van der Waals surface area contributed by atoms with Gasteiger partial charge in [-0.15, -0.1) is 11.3 Å². The molecule has 1 N–H and O–H groups in total. The zero-order chi connectivity index (χ0) is 22.5. The maximum Gasteiger partial charge on any atom is 0.210 e. The number of quaternary nitrogens is 1. The molecule has 1 aliphatic rings. The highest BCUT2D eigenvalue weighted by Crippen LogP contribution is 2.28. The first-order valence-corrected chi connectivity index (χ1v) is 12.1. The van der Waals surface area contributed by atoms with Crippen LogP contribution >= 0.6 is 27.3 Å². The Morgan fingerprint density at radius 1 is 1.25 bits per heavy atom. The summed E-state index contributed by atoms with van der Waals surface area (Å²) in [5.41, 5.74) is 2.85. The van der Waals surface area contributed by atoms with Crippen LogP contribution in [0.4, 0.5) is 5.69 Å². The van der Waals surface area contributed by atoms with Gasteiger partial charge in [-0.1, -0.05) is 40.2 Å². The molecule has 2 heterocycles. The Morgan fingerprint density at radius 3 is 2.66 bits per heavy atom. The van der Waals surface area contributed by atoms with Gasteiger partial charge in [-0.05, 0) is 24.3 Å². The first-order valence-electron chi connectivity index (χ1n) is 10.4. The Kier molecular flexibility index (Phi) is 7.20. The van der Waals surface area contributed by atoms with Gasteiger partial charge in [-0.2, -0.15) is 5.26 Å². The van der Waals surface area contributed by atoms with Crippen molar-refractivity contribution < 1.29 is 14.4 Å². The lowest BCUT2D eigenvalue weighted by molar-refractivity contribution is -0.892. The summed E-state index contributed by atoms with van der Waals surface area (Å²) < 4.78 is 6.47. The fourth-order valence-electron chi connectivity index (χ4n) is 3.92. The predicted octanol–water partition coefficient (Wildman–Crippen LogP) is 3.16. The molecular formula is C24H24BrN4O2S+. The number of ketones is 1. The molecule has 1 aromatic heterocycles. The van der Waals surface area contributed by atoms with E-state index < -0.39 is 5.92 Å². The Morgan fingerprint density at radius 2 is 1.97 bits per heavy atom. The van der Waals surface area contributed by atoms with Crippen molar-refractivity contribution in [3.63, 3.8) is 0 Å². The number of aromatic nitrogens is 1. The van der Waals surface area contributed by atoms with Crippen molar-refractivity contribution in [3.05, 3.63) is 63.4 Å². The number of hydrogen-bond acceptors (Lipinski definition) is 6. The molecule has 0 spiro atoms. The van der Waals surface area contributed by atoms with E-state index >= 15 is 0 Å². The first kappa shape index (κ1) is 22.5. The Balaban J connectivity index is 1.37. The van der Waals surface area contributed by atoms with Crippen molar-refractivity contribution in [2.24, 2.45) is 0 Å². The molecule has 1 atom stereocenters. The maximum absolute atomic E-state index is 13.0. The minimum absolute atomic E-state index is 0.0649.